The highest BCUT2D eigenvalue weighted by Crippen LogP contribution is 2.59. The Morgan fingerprint density at radius 2 is 2.08 bits per heavy atom. The number of aryl methyl sites for hydroxylation is 1. The molecule has 4 heteroatoms. The van der Waals surface area contributed by atoms with Gasteiger partial charge in [-0.2, -0.15) is 0 Å². The molecule has 4 rings (SSSR count). The lowest BCUT2D eigenvalue weighted by Crippen LogP contribution is -2.42. The summed E-state index contributed by atoms with van der Waals surface area (Å²) in [6.45, 7) is 2.18. The number of Topliss-reactive ketones (excluding diaryl/α,β-unsaturated/α-hetero) is 1. The van der Waals surface area contributed by atoms with Gasteiger partial charge < -0.3 is 4.74 Å². The van der Waals surface area contributed by atoms with E-state index >= 15 is 0 Å². The molecule has 0 bridgehead atoms. The second kappa shape index (κ2) is 5.54. The van der Waals surface area contributed by atoms with Crippen LogP contribution in [0, 0.1) is 17.3 Å². The fourth-order valence-corrected chi connectivity index (χ4v) is 5.53. The highest BCUT2D eigenvalue weighted by atomic mass is 16.5. The van der Waals surface area contributed by atoms with Crippen LogP contribution in [0.5, 0.6) is 5.75 Å². The Bertz CT molecular complexity index is 722. The van der Waals surface area contributed by atoms with Gasteiger partial charge in [0, 0.05) is 11.8 Å². The van der Waals surface area contributed by atoms with Gasteiger partial charge in [0.05, 0.1) is 0 Å². The van der Waals surface area contributed by atoms with Crippen LogP contribution in [-0.4, -0.2) is 18.0 Å². The molecule has 0 aromatic heterocycles. The maximum absolute atomic E-state index is 12.3. The van der Waals surface area contributed by atoms with Crippen LogP contribution in [0.25, 0.3) is 0 Å². The summed E-state index contributed by atoms with van der Waals surface area (Å²) in [5.74, 6) is 1.67. The van der Waals surface area contributed by atoms with Crippen molar-refractivity contribution in [1.82, 2.24) is 0 Å². The summed E-state index contributed by atoms with van der Waals surface area (Å²) < 4.78 is 5.01. The summed E-state index contributed by atoms with van der Waals surface area (Å²) in [5.41, 5.74) is 2.47. The molecule has 0 heterocycles. The molecule has 1 aromatic carbocycles. The lowest BCUT2D eigenvalue weighted by molar-refractivity contribution is -0.141. The highest BCUT2D eigenvalue weighted by Gasteiger charge is 2.54. The van der Waals surface area contributed by atoms with E-state index in [1.165, 1.54) is 11.1 Å². The number of esters is 1. The Balaban J connectivity index is 1.62. The van der Waals surface area contributed by atoms with Crippen molar-refractivity contribution in [2.75, 3.05) is 0 Å². The average Bonchev–Trinajstić information content (AvgIpc) is 2.89. The molecule has 2 saturated carbocycles. The maximum atomic E-state index is 12.3. The Labute approximate surface area is 141 Å². The normalized spacial score (nSPS) is 34.0. The average molecular weight is 326 g/mol. The quantitative estimate of drug-likeness (QED) is 0.362. The molecular weight excluding hydrogens is 304 g/mol. The van der Waals surface area contributed by atoms with Crippen molar-refractivity contribution in [2.45, 2.75) is 51.4 Å². The molecule has 4 atom stereocenters. The molecule has 0 aliphatic heterocycles. The standard InChI is InChI=1S/C20H22O4/c1-20-9-8-15-14-5-3-13(24-19(23)11-21)10-12(14)2-4-16(15)17(20)6-7-18(20)22/h3,5,10-11,15-17H,2,4,6-9H2,1H3. The van der Waals surface area contributed by atoms with E-state index in [0.29, 0.717) is 29.3 Å². The molecule has 4 nitrogen and oxygen atoms in total. The number of carbonyl (C=O) groups excluding carboxylic acids is 3. The van der Waals surface area contributed by atoms with Gasteiger partial charge in [-0.1, -0.05) is 13.0 Å². The van der Waals surface area contributed by atoms with Crippen molar-refractivity contribution in [1.29, 1.82) is 0 Å². The molecular formula is C20H22O4. The van der Waals surface area contributed by atoms with Crippen molar-refractivity contribution in [3.8, 4) is 5.75 Å². The van der Waals surface area contributed by atoms with E-state index in [4.69, 9.17) is 4.74 Å². The molecule has 0 radical (unpaired) electrons. The molecule has 0 amide bonds. The first-order valence-electron chi connectivity index (χ1n) is 8.86. The predicted octanol–water partition coefficient (Wildman–Crippen LogP) is 3.22. The maximum Gasteiger partial charge on any atom is 0.376 e. The third kappa shape index (κ3) is 2.23. The largest absolute Gasteiger partial charge is 0.421 e. The number of fused-ring (bicyclic) bond motifs is 5. The van der Waals surface area contributed by atoms with Crippen LogP contribution in [0.3, 0.4) is 0 Å². The van der Waals surface area contributed by atoms with E-state index in [2.05, 4.69) is 13.0 Å². The fraction of sp³-hybridized carbons (Fsp3) is 0.550. The van der Waals surface area contributed by atoms with E-state index in [9.17, 15) is 14.4 Å². The van der Waals surface area contributed by atoms with Crippen molar-refractivity contribution in [2.24, 2.45) is 17.3 Å². The van der Waals surface area contributed by atoms with Gasteiger partial charge in [-0.15, -0.1) is 0 Å². The second-order valence-corrected chi connectivity index (χ2v) is 7.73. The Morgan fingerprint density at radius 3 is 2.88 bits per heavy atom. The number of hydrogen-bond donors (Lipinski definition) is 0. The molecule has 0 spiro atoms. The molecule has 2 fully saturated rings. The zero-order valence-corrected chi connectivity index (χ0v) is 13.9. The molecule has 126 valence electrons. The topological polar surface area (TPSA) is 60.4 Å². The number of ketones is 1. The predicted molar refractivity (Wildman–Crippen MR) is 87.8 cm³/mol. The smallest absolute Gasteiger partial charge is 0.376 e. The lowest BCUT2D eigenvalue weighted by atomic mass is 9.55. The first-order chi connectivity index (χ1) is 11.5. The molecule has 1 aromatic rings. The van der Waals surface area contributed by atoms with E-state index in [0.717, 1.165) is 38.5 Å². The summed E-state index contributed by atoms with van der Waals surface area (Å²) >= 11 is 0. The van der Waals surface area contributed by atoms with E-state index in [1.807, 2.05) is 6.07 Å². The van der Waals surface area contributed by atoms with Crippen LogP contribution in [0.2, 0.25) is 0 Å². The third-order valence-corrected chi connectivity index (χ3v) is 6.72. The number of hydrogen-bond acceptors (Lipinski definition) is 4. The van der Waals surface area contributed by atoms with Gasteiger partial charge in [0.25, 0.3) is 0 Å². The monoisotopic (exact) mass is 326 g/mol. The fourth-order valence-electron chi connectivity index (χ4n) is 5.53. The summed E-state index contributed by atoms with van der Waals surface area (Å²) in [6, 6.07) is 5.75. The summed E-state index contributed by atoms with van der Waals surface area (Å²) in [7, 11) is 0. The summed E-state index contributed by atoms with van der Waals surface area (Å²) in [6.07, 6.45) is 6.07. The molecule has 3 aliphatic carbocycles. The Kier molecular flexibility index (Phi) is 3.59. The first-order valence-corrected chi connectivity index (χ1v) is 8.86. The van der Waals surface area contributed by atoms with Gasteiger partial charge in [0.15, 0.2) is 0 Å². The molecule has 24 heavy (non-hydrogen) atoms. The Hall–Kier alpha value is -1.97. The molecule has 0 saturated heterocycles. The zero-order chi connectivity index (χ0) is 16.9. The minimum absolute atomic E-state index is 0.0991. The Morgan fingerprint density at radius 1 is 1.25 bits per heavy atom. The number of aldehydes is 1. The SMILES string of the molecule is CC12CCC3c4ccc(OC(=O)C=O)cc4CCC3C1CCC2=O. The van der Waals surface area contributed by atoms with Gasteiger partial charge in [-0.05, 0) is 73.1 Å². The minimum atomic E-state index is -0.860. The van der Waals surface area contributed by atoms with E-state index in [1.54, 1.807) is 6.07 Å². The van der Waals surface area contributed by atoms with Crippen LogP contribution in [0.15, 0.2) is 18.2 Å². The summed E-state index contributed by atoms with van der Waals surface area (Å²) in [5, 5.41) is 0. The number of rotatable bonds is 2. The third-order valence-electron chi connectivity index (χ3n) is 6.72. The van der Waals surface area contributed by atoms with Crippen molar-refractivity contribution < 1.29 is 19.1 Å². The minimum Gasteiger partial charge on any atom is -0.421 e. The van der Waals surface area contributed by atoms with Crippen molar-refractivity contribution >= 4 is 18.0 Å². The van der Waals surface area contributed by atoms with Gasteiger partial charge in [0.2, 0.25) is 6.29 Å². The van der Waals surface area contributed by atoms with Crippen LogP contribution < -0.4 is 4.74 Å². The summed E-state index contributed by atoms with van der Waals surface area (Å²) in [4.78, 5) is 33.9. The molecule has 0 N–H and O–H groups in total. The molecule has 3 aliphatic rings. The zero-order valence-electron chi connectivity index (χ0n) is 13.9. The number of ether oxygens (including phenoxy) is 1. The van der Waals surface area contributed by atoms with Gasteiger partial charge in [-0.3, -0.25) is 9.59 Å². The van der Waals surface area contributed by atoms with E-state index in [-0.39, 0.29) is 11.7 Å². The lowest BCUT2D eigenvalue weighted by Gasteiger charge is -2.48. The van der Waals surface area contributed by atoms with Gasteiger partial charge >= 0.3 is 5.97 Å². The number of benzene rings is 1. The first kappa shape index (κ1) is 15.6. The van der Waals surface area contributed by atoms with E-state index < -0.39 is 5.97 Å². The van der Waals surface area contributed by atoms with Gasteiger partial charge in [-0.25, -0.2) is 4.79 Å². The second-order valence-electron chi connectivity index (χ2n) is 7.73. The highest BCUT2D eigenvalue weighted by molar-refractivity contribution is 6.21. The van der Waals surface area contributed by atoms with Crippen LogP contribution in [-0.2, 0) is 20.8 Å². The van der Waals surface area contributed by atoms with Crippen LogP contribution in [0.4, 0.5) is 0 Å². The van der Waals surface area contributed by atoms with Crippen molar-refractivity contribution in [3.05, 3.63) is 29.3 Å². The van der Waals surface area contributed by atoms with Gasteiger partial charge in [0.1, 0.15) is 11.5 Å². The van der Waals surface area contributed by atoms with Crippen LogP contribution in [0.1, 0.15) is 56.1 Å². The number of carbonyl (C=O) groups is 3. The van der Waals surface area contributed by atoms with Crippen LogP contribution >= 0.6 is 0 Å². The molecule has 4 unspecified atom stereocenters. The van der Waals surface area contributed by atoms with Crippen molar-refractivity contribution in [3.63, 3.8) is 0 Å².